The van der Waals surface area contributed by atoms with Gasteiger partial charge in [0.05, 0.1) is 0 Å². The maximum Gasteiger partial charge on any atom is 4.00 e. The van der Waals surface area contributed by atoms with E-state index in [1.807, 2.05) is 0 Å². The van der Waals surface area contributed by atoms with Crippen molar-refractivity contribution >= 4 is 21.5 Å². The normalized spacial score (nSPS) is 9.86. The molecule has 0 saturated heterocycles. The van der Waals surface area contributed by atoms with Gasteiger partial charge in [0.2, 0.25) is 0 Å². The Morgan fingerprint density at radius 3 is 2.07 bits per heavy atom. The summed E-state index contributed by atoms with van der Waals surface area (Å²) < 4.78 is 0. The van der Waals surface area contributed by atoms with Crippen LogP contribution in [0, 0.1) is 34.6 Å². The summed E-state index contributed by atoms with van der Waals surface area (Å²) in [4.78, 5) is 0. The molecule has 0 fully saturated rings. The minimum atomic E-state index is 0. The van der Waals surface area contributed by atoms with Gasteiger partial charge in [-0.1, -0.05) is 95.5 Å². The number of halogens is 2. The summed E-state index contributed by atoms with van der Waals surface area (Å²) in [7, 11) is 0. The van der Waals surface area contributed by atoms with Gasteiger partial charge in [0.15, 0.2) is 0 Å². The van der Waals surface area contributed by atoms with E-state index < -0.39 is 0 Å². The van der Waals surface area contributed by atoms with Crippen molar-refractivity contribution in [2.75, 3.05) is 0 Å². The van der Waals surface area contributed by atoms with Gasteiger partial charge in [-0.15, -0.1) is 28.5 Å². The first-order valence-electron chi connectivity index (χ1n) is 9.70. The predicted molar refractivity (Wildman–Crippen MR) is 117 cm³/mol. The van der Waals surface area contributed by atoms with Gasteiger partial charge in [-0.05, 0) is 0 Å². The zero-order valence-electron chi connectivity index (χ0n) is 18.3. The molecule has 0 bridgehead atoms. The summed E-state index contributed by atoms with van der Waals surface area (Å²) in [5, 5.41) is 5.41. The largest absolute Gasteiger partial charge is 4.00 e. The molecular formula is C26H30Cl2Zr. The molecule has 4 rings (SSSR count). The molecule has 0 radical (unpaired) electrons. The third kappa shape index (κ3) is 5.84. The molecule has 0 heterocycles. The van der Waals surface area contributed by atoms with E-state index in [0.717, 1.165) is 0 Å². The average molecular weight is 505 g/mol. The van der Waals surface area contributed by atoms with E-state index in [1.54, 1.807) is 5.56 Å². The van der Waals surface area contributed by atoms with Crippen LogP contribution in [-0.2, 0) is 32.6 Å². The molecule has 152 valence electrons. The molecule has 0 aliphatic carbocycles. The number of aryl methyl sites for hydroxylation is 1. The van der Waals surface area contributed by atoms with Gasteiger partial charge in [-0.2, -0.15) is 33.9 Å². The van der Waals surface area contributed by atoms with Crippen LogP contribution in [0.4, 0.5) is 0 Å². The second kappa shape index (κ2) is 12.1. The molecule has 0 N–H and O–H groups in total. The number of rotatable bonds is 2. The molecule has 0 aliphatic heterocycles. The molecule has 4 aromatic carbocycles. The smallest absolute Gasteiger partial charge is 1.00 e. The number of benzene rings is 2. The zero-order chi connectivity index (χ0) is 18.8. The van der Waals surface area contributed by atoms with Crippen LogP contribution in [-0.4, -0.2) is 0 Å². The summed E-state index contributed by atoms with van der Waals surface area (Å²) in [6, 6.07) is 17.4. The van der Waals surface area contributed by atoms with Crippen LogP contribution in [0.1, 0.15) is 46.7 Å². The Morgan fingerprint density at radius 2 is 1.48 bits per heavy atom. The molecule has 0 amide bonds. The van der Waals surface area contributed by atoms with E-state index in [-0.39, 0.29) is 51.0 Å². The van der Waals surface area contributed by atoms with Gasteiger partial charge in [-0.25, -0.2) is 0 Å². The molecule has 0 atom stereocenters. The topological polar surface area (TPSA) is 0 Å². The fraction of sp³-hybridized carbons (Fsp3) is 0.308. The van der Waals surface area contributed by atoms with Crippen LogP contribution in [0.2, 0.25) is 0 Å². The van der Waals surface area contributed by atoms with E-state index in [4.69, 9.17) is 0 Å². The number of hydrogen-bond donors (Lipinski definition) is 0. The molecule has 0 spiro atoms. The summed E-state index contributed by atoms with van der Waals surface area (Å²) in [6.45, 7) is 13.4. The average Bonchev–Trinajstić information content (AvgIpc) is 3.12. The molecule has 0 unspecified atom stereocenters. The van der Waals surface area contributed by atoms with Crippen molar-refractivity contribution in [2.45, 2.75) is 54.4 Å². The van der Waals surface area contributed by atoms with Gasteiger partial charge < -0.3 is 24.8 Å². The first-order valence-corrected chi connectivity index (χ1v) is 9.70. The van der Waals surface area contributed by atoms with Crippen LogP contribution in [0.3, 0.4) is 0 Å². The van der Waals surface area contributed by atoms with Gasteiger partial charge in [0, 0.05) is 0 Å². The fourth-order valence-corrected chi connectivity index (χ4v) is 4.04. The van der Waals surface area contributed by atoms with Crippen LogP contribution < -0.4 is 24.8 Å². The second-order valence-corrected chi connectivity index (χ2v) is 7.55. The maximum absolute atomic E-state index is 2.26. The van der Waals surface area contributed by atoms with E-state index in [2.05, 4.69) is 90.1 Å². The van der Waals surface area contributed by atoms with Crippen molar-refractivity contribution in [1.82, 2.24) is 0 Å². The maximum atomic E-state index is 2.26. The molecule has 0 aromatic heterocycles. The second-order valence-electron chi connectivity index (χ2n) is 7.55. The van der Waals surface area contributed by atoms with Crippen molar-refractivity contribution in [3.63, 3.8) is 0 Å². The number of hydrogen-bond acceptors (Lipinski definition) is 0. The van der Waals surface area contributed by atoms with Gasteiger partial charge >= 0.3 is 26.2 Å². The molecule has 4 aromatic rings. The first kappa shape index (κ1) is 28.1. The Morgan fingerprint density at radius 1 is 0.862 bits per heavy atom. The molecule has 29 heavy (non-hydrogen) atoms. The van der Waals surface area contributed by atoms with Gasteiger partial charge in [0.1, 0.15) is 0 Å². The number of fused-ring (bicyclic) bond motifs is 3. The van der Waals surface area contributed by atoms with Gasteiger partial charge in [0.25, 0.3) is 0 Å². The van der Waals surface area contributed by atoms with Crippen molar-refractivity contribution < 1.29 is 51.0 Å². The Labute approximate surface area is 207 Å². The quantitative estimate of drug-likeness (QED) is 0.364. The van der Waals surface area contributed by atoms with E-state index in [1.165, 1.54) is 62.2 Å². The third-order valence-electron chi connectivity index (χ3n) is 5.85. The van der Waals surface area contributed by atoms with Crippen molar-refractivity contribution in [3.05, 3.63) is 81.9 Å². The summed E-state index contributed by atoms with van der Waals surface area (Å²) in [5.74, 6) is 0. The van der Waals surface area contributed by atoms with E-state index >= 15 is 0 Å². The SMILES string of the molecule is CCCc1c(C)c(C)c(C)[c-]1C.Cc1cc2ccc3ccccc3c2[cH-]1.[Cl-].[Cl-].[Zr+4]. The van der Waals surface area contributed by atoms with Crippen LogP contribution in [0.5, 0.6) is 0 Å². The van der Waals surface area contributed by atoms with E-state index in [0.29, 0.717) is 0 Å². The monoisotopic (exact) mass is 502 g/mol. The molecular weight excluding hydrogens is 474 g/mol. The summed E-state index contributed by atoms with van der Waals surface area (Å²) >= 11 is 0. The summed E-state index contributed by atoms with van der Waals surface area (Å²) in [6.07, 6.45) is 2.50. The van der Waals surface area contributed by atoms with Crippen LogP contribution in [0.25, 0.3) is 21.5 Å². The molecule has 3 heteroatoms. The molecule has 0 saturated carbocycles. The minimum absolute atomic E-state index is 0. The Balaban J connectivity index is 0.000000496. The standard InChI is InChI=1S/C14H11.C12H19.2ClH.Zr/c1-10-8-12-7-6-11-4-2-3-5-13(11)14(12)9-10;1-6-7-12-10(4)8(2)9(3)11(12)5;;;/h2-9H,1H3;6-7H2,1-5H3;2*1H;/q2*-1;;;+4/p-2. The van der Waals surface area contributed by atoms with Crippen LogP contribution in [0.15, 0.2) is 48.5 Å². The Kier molecular flexibility index (Phi) is 11.7. The first-order chi connectivity index (χ1) is 12.4. The Bertz CT molecular complexity index is 1030. The van der Waals surface area contributed by atoms with E-state index in [9.17, 15) is 0 Å². The van der Waals surface area contributed by atoms with Gasteiger partial charge in [-0.3, -0.25) is 0 Å². The summed E-state index contributed by atoms with van der Waals surface area (Å²) in [5.41, 5.74) is 8.97. The van der Waals surface area contributed by atoms with Crippen molar-refractivity contribution in [2.24, 2.45) is 0 Å². The van der Waals surface area contributed by atoms with Crippen LogP contribution >= 0.6 is 0 Å². The molecule has 0 nitrogen and oxygen atoms in total. The van der Waals surface area contributed by atoms with Crippen molar-refractivity contribution in [3.8, 4) is 0 Å². The predicted octanol–water partition coefficient (Wildman–Crippen LogP) is 1.62. The third-order valence-corrected chi connectivity index (χ3v) is 5.85. The molecule has 0 aliphatic rings. The Hall–Kier alpha value is -0.877. The minimum Gasteiger partial charge on any atom is -1.00 e. The fourth-order valence-electron chi connectivity index (χ4n) is 4.04. The van der Waals surface area contributed by atoms with Crippen molar-refractivity contribution in [1.29, 1.82) is 0 Å². The zero-order valence-corrected chi connectivity index (χ0v) is 22.3.